The Morgan fingerprint density at radius 3 is 2.37 bits per heavy atom. The molecule has 0 aliphatic heterocycles. The molecule has 0 spiro atoms. The van der Waals surface area contributed by atoms with Gasteiger partial charge < -0.3 is 20.3 Å². The van der Waals surface area contributed by atoms with Gasteiger partial charge in [0.05, 0.1) is 0 Å². The van der Waals surface area contributed by atoms with E-state index in [0.717, 1.165) is 39.1 Å². The Kier molecular flexibility index (Phi) is 13.9. The van der Waals surface area contributed by atoms with Crippen LogP contribution < -0.4 is 10.6 Å². The van der Waals surface area contributed by atoms with Gasteiger partial charge in [0.2, 0.25) is 5.91 Å². The number of aryl methyl sites for hydroxylation is 2. The van der Waals surface area contributed by atoms with Crippen LogP contribution in [0.5, 0.6) is 0 Å². The third kappa shape index (κ3) is 10.5. The van der Waals surface area contributed by atoms with Crippen LogP contribution in [-0.4, -0.2) is 63.7 Å². The number of guanidine groups is 1. The van der Waals surface area contributed by atoms with Gasteiger partial charge in [-0.25, -0.2) is 4.99 Å². The number of benzene rings is 1. The van der Waals surface area contributed by atoms with Gasteiger partial charge in [0.15, 0.2) is 5.96 Å². The highest BCUT2D eigenvalue weighted by Crippen LogP contribution is 2.13. The first-order chi connectivity index (χ1) is 12.5. The average molecular weight is 490 g/mol. The summed E-state index contributed by atoms with van der Waals surface area (Å²) in [4.78, 5) is 17.7. The van der Waals surface area contributed by atoms with Crippen molar-refractivity contribution in [1.29, 1.82) is 0 Å². The Morgan fingerprint density at radius 1 is 1.15 bits per heavy atom. The largest absolute Gasteiger partial charge is 0.382 e. The fourth-order valence-electron chi connectivity index (χ4n) is 2.54. The molecule has 154 valence electrons. The van der Waals surface area contributed by atoms with Gasteiger partial charge in [-0.1, -0.05) is 18.2 Å². The first kappa shape index (κ1) is 25.6. The maximum absolute atomic E-state index is 11.8. The van der Waals surface area contributed by atoms with Crippen LogP contribution in [0.1, 0.15) is 30.0 Å². The van der Waals surface area contributed by atoms with Crippen LogP contribution in [0, 0.1) is 13.8 Å². The van der Waals surface area contributed by atoms with Gasteiger partial charge in [0.25, 0.3) is 0 Å². The molecule has 1 aromatic carbocycles. The maximum Gasteiger partial charge on any atom is 0.243 e. The van der Waals surface area contributed by atoms with E-state index < -0.39 is 0 Å². The molecule has 0 saturated heterocycles. The lowest BCUT2D eigenvalue weighted by Crippen LogP contribution is -2.40. The summed E-state index contributed by atoms with van der Waals surface area (Å²) in [7, 11) is 3.48. The van der Waals surface area contributed by atoms with E-state index in [2.05, 4.69) is 47.7 Å². The first-order valence-corrected chi connectivity index (χ1v) is 9.30. The molecule has 0 aliphatic rings. The lowest BCUT2D eigenvalue weighted by molar-refractivity contribution is -0.127. The summed E-state index contributed by atoms with van der Waals surface area (Å²) in [6.45, 7) is 9.37. The van der Waals surface area contributed by atoms with E-state index >= 15 is 0 Å². The topological polar surface area (TPSA) is 66.0 Å². The summed E-state index contributed by atoms with van der Waals surface area (Å²) in [6.07, 6.45) is 1.81. The number of amides is 1. The number of carbonyl (C=O) groups is 1. The van der Waals surface area contributed by atoms with E-state index in [9.17, 15) is 4.79 Å². The molecule has 0 heterocycles. The quantitative estimate of drug-likeness (QED) is 0.229. The number of likely N-dealkylation sites (N-methyl/N-ethyl adjacent to an activating group) is 1. The molecule has 0 unspecified atom stereocenters. The minimum Gasteiger partial charge on any atom is -0.382 e. The highest BCUT2D eigenvalue weighted by molar-refractivity contribution is 14.0. The number of halogens is 1. The number of rotatable bonds is 10. The van der Waals surface area contributed by atoms with Gasteiger partial charge in [-0.3, -0.25) is 4.79 Å². The molecular weight excluding hydrogens is 455 g/mol. The molecule has 0 aliphatic carbocycles. The highest BCUT2D eigenvalue weighted by atomic mass is 127. The van der Waals surface area contributed by atoms with Crippen molar-refractivity contribution in [3.05, 3.63) is 34.9 Å². The zero-order valence-corrected chi connectivity index (χ0v) is 19.6. The summed E-state index contributed by atoms with van der Waals surface area (Å²) in [5.41, 5.74) is 3.97. The normalized spacial score (nSPS) is 10.9. The van der Waals surface area contributed by atoms with Crippen molar-refractivity contribution >= 4 is 35.8 Å². The summed E-state index contributed by atoms with van der Waals surface area (Å²) in [6, 6.07) is 6.36. The van der Waals surface area contributed by atoms with Crippen molar-refractivity contribution in [1.82, 2.24) is 15.5 Å². The minimum absolute atomic E-state index is 0. The second-order valence-corrected chi connectivity index (χ2v) is 6.48. The zero-order valence-electron chi connectivity index (χ0n) is 17.3. The van der Waals surface area contributed by atoms with Crippen LogP contribution in [0.3, 0.4) is 0 Å². The van der Waals surface area contributed by atoms with Crippen LogP contribution >= 0.6 is 24.0 Å². The minimum atomic E-state index is -0.0184. The van der Waals surface area contributed by atoms with Crippen molar-refractivity contribution in [2.24, 2.45) is 4.99 Å². The summed E-state index contributed by atoms with van der Waals surface area (Å²) < 4.78 is 5.35. The Morgan fingerprint density at radius 2 is 1.78 bits per heavy atom. The van der Waals surface area contributed by atoms with Crippen molar-refractivity contribution in [3.8, 4) is 0 Å². The van der Waals surface area contributed by atoms with Crippen LogP contribution in [-0.2, 0) is 16.0 Å². The molecule has 1 amide bonds. The summed E-state index contributed by atoms with van der Waals surface area (Å²) >= 11 is 0. The second kappa shape index (κ2) is 14.7. The van der Waals surface area contributed by atoms with Gasteiger partial charge in [0, 0.05) is 40.4 Å². The third-order valence-electron chi connectivity index (χ3n) is 4.15. The first-order valence-electron chi connectivity index (χ1n) is 9.30. The van der Waals surface area contributed by atoms with E-state index in [1.54, 1.807) is 19.0 Å². The Hall–Kier alpha value is -1.35. The fraction of sp³-hybridized carbons (Fsp3) is 0.600. The number of nitrogens with one attached hydrogen (secondary N) is 2. The predicted octanol–water partition coefficient (Wildman–Crippen LogP) is 2.51. The van der Waals surface area contributed by atoms with E-state index in [0.29, 0.717) is 5.96 Å². The molecule has 2 N–H and O–H groups in total. The molecule has 1 aromatic rings. The number of ether oxygens (including phenoxy) is 1. The van der Waals surface area contributed by atoms with E-state index in [-0.39, 0.29) is 36.4 Å². The molecule has 0 aromatic heterocycles. The molecule has 0 bridgehead atoms. The standard InChI is InChI=1S/C20H34N4O2.HI/c1-6-26-14-8-12-21-20(23-15-19(25)24(4)5)22-13-11-18-16(2)9-7-10-17(18)3;/h7,9-10H,6,8,11-15H2,1-5H3,(H2,21,22,23);1H. The van der Waals surface area contributed by atoms with Crippen LogP contribution in [0.4, 0.5) is 0 Å². The summed E-state index contributed by atoms with van der Waals surface area (Å²) in [5.74, 6) is 0.651. The Balaban J connectivity index is 0.00000676. The molecule has 0 fully saturated rings. The van der Waals surface area contributed by atoms with Gasteiger partial charge in [-0.2, -0.15) is 0 Å². The molecule has 6 nitrogen and oxygen atoms in total. The Bertz CT molecular complexity index is 571. The lowest BCUT2D eigenvalue weighted by Gasteiger charge is -2.15. The van der Waals surface area contributed by atoms with E-state index in [1.807, 2.05) is 6.92 Å². The predicted molar refractivity (Wildman–Crippen MR) is 123 cm³/mol. The van der Waals surface area contributed by atoms with E-state index in [4.69, 9.17) is 4.74 Å². The van der Waals surface area contributed by atoms with Gasteiger partial charge in [-0.15, -0.1) is 24.0 Å². The average Bonchev–Trinajstić information content (AvgIpc) is 2.60. The number of nitrogens with zero attached hydrogens (tertiary/aromatic N) is 2. The smallest absolute Gasteiger partial charge is 0.243 e. The lowest BCUT2D eigenvalue weighted by atomic mass is 10.0. The highest BCUT2D eigenvalue weighted by Gasteiger charge is 2.06. The van der Waals surface area contributed by atoms with Crippen LogP contribution in [0.25, 0.3) is 0 Å². The second-order valence-electron chi connectivity index (χ2n) is 6.48. The number of hydrogen-bond donors (Lipinski definition) is 2. The van der Waals surface area contributed by atoms with Crippen molar-refractivity contribution < 1.29 is 9.53 Å². The Labute approximate surface area is 181 Å². The van der Waals surface area contributed by atoms with Crippen molar-refractivity contribution in [2.45, 2.75) is 33.6 Å². The third-order valence-corrected chi connectivity index (χ3v) is 4.15. The van der Waals surface area contributed by atoms with Crippen molar-refractivity contribution in [2.75, 3.05) is 46.9 Å². The molecule has 0 atom stereocenters. The fourth-order valence-corrected chi connectivity index (χ4v) is 2.54. The summed E-state index contributed by atoms with van der Waals surface area (Å²) in [5, 5.41) is 6.61. The van der Waals surface area contributed by atoms with Crippen LogP contribution in [0.15, 0.2) is 23.2 Å². The van der Waals surface area contributed by atoms with Crippen molar-refractivity contribution in [3.63, 3.8) is 0 Å². The van der Waals surface area contributed by atoms with Gasteiger partial charge in [-0.05, 0) is 50.3 Å². The SMILES string of the molecule is CCOCCCNC(=NCC(=O)N(C)C)NCCc1c(C)cccc1C.I. The van der Waals surface area contributed by atoms with E-state index in [1.165, 1.54) is 16.7 Å². The number of carbonyl (C=O) groups excluding carboxylic acids is 1. The molecule has 0 saturated carbocycles. The number of aliphatic imine (C=N–C) groups is 1. The maximum atomic E-state index is 11.8. The molecule has 27 heavy (non-hydrogen) atoms. The van der Waals surface area contributed by atoms with Gasteiger partial charge in [0.1, 0.15) is 6.54 Å². The monoisotopic (exact) mass is 490 g/mol. The van der Waals surface area contributed by atoms with Crippen LogP contribution in [0.2, 0.25) is 0 Å². The zero-order chi connectivity index (χ0) is 19.4. The molecule has 1 rings (SSSR count). The molecule has 0 radical (unpaired) electrons. The molecular formula is C20H35IN4O2. The number of hydrogen-bond acceptors (Lipinski definition) is 3. The van der Waals surface area contributed by atoms with Gasteiger partial charge >= 0.3 is 0 Å². The molecule has 7 heteroatoms.